The Kier molecular flexibility index (Phi) is 4.50. The highest BCUT2D eigenvalue weighted by Crippen LogP contribution is 2.03. The molecule has 0 bridgehead atoms. The number of aryl methyl sites for hydroxylation is 1. The van der Waals surface area contributed by atoms with E-state index in [1.807, 2.05) is 18.7 Å². The molecule has 1 radical (unpaired) electrons. The Morgan fingerprint density at radius 3 is 2.67 bits per heavy atom. The molecule has 1 aromatic heterocycles. The van der Waals surface area contributed by atoms with Crippen LogP contribution in [-0.4, -0.2) is 9.55 Å². The van der Waals surface area contributed by atoms with Crippen molar-refractivity contribution in [3.63, 3.8) is 0 Å². The SMILES string of the molecule is [CH2]CCCCCCn1ccnc1. The van der Waals surface area contributed by atoms with Crippen LogP contribution in [0.2, 0.25) is 0 Å². The van der Waals surface area contributed by atoms with E-state index in [4.69, 9.17) is 0 Å². The highest BCUT2D eigenvalue weighted by Gasteiger charge is 1.90. The van der Waals surface area contributed by atoms with Gasteiger partial charge < -0.3 is 4.57 Å². The minimum absolute atomic E-state index is 1.07. The summed E-state index contributed by atoms with van der Waals surface area (Å²) in [5.41, 5.74) is 0. The molecule has 0 fully saturated rings. The Labute approximate surface area is 74.6 Å². The Morgan fingerprint density at radius 1 is 1.17 bits per heavy atom. The zero-order valence-electron chi connectivity index (χ0n) is 7.58. The summed E-state index contributed by atoms with van der Waals surface area (Å²) in [4.78, 5) is 3.99. The van der Waals surface area contributed by atoms with E-state index in [9.17, 15) is 0 Å². The second-order valence-electron chi connectivity index (χ2n) is 3.07. The first-order chi connectivity index (χ1) is 5.93. The normalized spacial score (nSPS) is 10.4. The van der Waals surface area contributed by atoms with Crippen molar-refractivity contribution < 1.29 is 0 Å². The number of imidazole rings is 1. The second-order valence-corrected chi connectivity index (χ2v) is 3.07. The third-order valence-corrected chi connectivity index (χ3v) is 1.98. The summed E-state index contributed by atoms with van der Waals surface area (Å²) in [5, 5.41) is 0. The van der Waals surface area contributed by atoms with Crippen LogP contribution in [0.15, 0.2) is 18.7 Å². The number of hydrogen-bond acceptors (Lipinski definition) is 1. The van der Waals surface area contributed by atoms with Gasteiger partial charge in [-0.25, -0.2) is 4.98 Å². The Bertz CT molecular complexity index is 180. The van der Waals surface area contributed by atoms with Gasteiger partial charge in [-0.3, -0.25) is 0 Å². The molecule has 1 heterocycles. The molecule has 0 aliphatic carbocycles. The highest BCUT2D eigenvalue weighted by atomic mass is 15.0. The molecule has 2 nitrogen and oxygen atoms in total. The lowest BCUT2D eigenvalue weighted by Gasteiger charge is -2.00. The van der Waals surface area contributed by atoms with Gasteiger partial charge in [0.2, 0.25) is 0 Å². The van der Waals surface area contributed by atoms with Crippen LogP contribution in [0.3, 0.4) is 0 Å². The van der Waals surface area contributed by atoms with Crippen LogP contribution >= 0.6 is 0 Å². The molecule has 0 aliphatic heterocycles. The average Bonchev–Trinajstić information content (AvgIpc) is 2.57. The predicted molar refractivity (Wildman–Crippen MR) is 50.7 cm³/mol. The van der Waals surface area contributed by atoms with E-state index in [1.165, 1.54) is 25.7 Å². The predicted octanol–water partition coefficient (Wildman–Crippen LogP) is 2.67. The van der Waals surface area contributed by atoms with Crippen LogP contribution in [0.5, 0.6) is 0 Å². The average molecular weight is 165 g/mol. The lowest BCUT2D eigenvalue weighted by atomic mass is 10.1. The van der Waals surface area contributed by atoms with Crippen LogP contribution in [0.25, 0.3) is 0 Å². The monoisotopic (exact) mass is 165 g/mol. The van der Waals surface area contributed by atoms with Gasteiger partial charge in [0.05, 0.1) is 6.33 Å². The van der Waals surface area contributed by atoms with Crippen molar-refractivity contribution in [3.8, 4) is 0 Å². The molecule has 0 atom stereocenters. The van der Waals surface area contributed by atoms with Gasteiger partial charge in [-0.05, 0) is 6.42 Å². The summed E-state index contributed by atoms with van der Waals surface area (Å²) in [6.07, 6.45) is 12.0. The summed E-state index contributed by atoms with van der Waals surface area (Å²) >= 11 is 0. The smallest absolute Gasteiger partial charge is 0.0945 e. The Hall–Kier alpha value is -0.790. The summed E-state index contributed by atoms with van der Waals surface area (Å²) in [6.45, 7) is 4.93. The summed E-state index contributed by atoms with van der Waals surface area (Å²) in [5.74, 6) is 0. The summed E-state index contributed by atoms with van der Waals surface area (Å²) in [7, 11) is 0. The first kappa shape index (κ1) is 9.30. The zero-order chi connectivity index (χ0) is 8.65. The number of nitrogens with zero attached hydrogens (tertiary/aromatic N) is 2. The highest BCUT2D eigenvalue weighted by molar-refractivity contribution is 4.73. The quantitative estimate of drug-likeness (QED) is 0.592. The molecule has 12 heavy (non-hydrogen) atoms. The summed E-state index contributed by atoms with van der Waals surface area (Å²) < 4.78 is 2.13. The van der Waals surface area contributed by atoms with Crippen molar-refractivity contribution in [2.45, 2.75) is 38.6 Å². The lowest BCUT2D eigenvalue weighted by molar-refractivity contribution is 0.573. The van der Waals surface area contributed by atoms with Gasteiger partial charge in [-0.15, -0.1) is 0 Å². The molecule has 0 aromatic carbocycles. The molecule has 1 rings (SSSR count). The molecule has 0 saturated carbocycles. The fourth-order valence-electron chi connectivity index (χ4n) is 1.24. The minimum atomic E-state index is 1.07. The van der Waals surface area contributed by atoms with Gasteiger partial charge in [0, 0.05) is 18.9 Å². The zero-order valence-corrected chi connectivity index (χ0v) is 7.58. The van der Waals surface area contributed by atoms with Gasteiger partial charge in [0.25, 0.3) is 0 Å². The lowest BCUT2D eigenvalue weighted by Crippen LogP contribution is -1.93. The maximum Gasteiger partial charge on any atom is 0.0945 e. The fraction of sp³-hybridized carbons (Fsp3) is 0.600. The molecule has 0 N–H and O–H groups in total. The topological polar surface area (TPSA) is 17.8 Å². The number of hydrogen-bond donors (Lipinski definition) is 0. The first-order valence-corrected chi connectivity index (χ1v) is 4.68. The van der Waals surface area contributed by atoms with Crippen molar-refractivity contribution in [2.75, 3.05) is 0 Å². The van der Waals surface area contributed by atoms with Crippen molar-refractivity contribution in [1.29, 1.82) is 0 Å². The Balaban J connectivity index is 1.96. The molecule has 0 saturated heterocycles. The van der Waals surface area contributed by atoms with E-state index in [-0.39, 0.29) is 0 Å². The largest absolute Gasteiger partial charge is 0.337 e. The maximum absolute atomic E-state index is 3.99. The van der Waals surface area contributed by atoms with Gasteiger partial charge in [-0.2, -0.15) is 0 Å². The number of unbranched alkanes of at least 4 members (excludes halogenated alkanes) is 4. The molecule has 0 aliphatic rings. The Morgan fingerprint density at radius 2 is 2.00 bits per heavy atom. The van der Waals surface area contributed by atoms with E-state index in [0.29, 0.717) is 0 Å². The van der Waals surface area contributed by atoms with Gasteiger partial charge in [-0.1, -0.05) is 32.6 Å². The maximum atomic E-state index is 3.99. The van der Waals surface area contributed by atoms with E-state index in [2.05, 4.69) is 16.5 Å². The molecule has 1 aromatic rings. The van der Waals surface area contributed by atoms with Crippen LogP contribution in [0.1, 0.15) is 32.1 Å². The molecule has 0 amide bonds. The van der Waals surface area contributed by atoms with Crippen molar-refractivity contribution >= 4 is 0 Å². The van der Waals surface area contributed by atoms with Crippen LogP contribution < -0.4 is 0 Å². The van der Waals surface area contributed by atoms with Crippen LogP contribution in [0, 0.1) is 6.92 Å². The van der Waals surface area contributed by atoms with Crippen molar-refractivity contribution in [2.24, 2.45) is 0 Å². The standard InChI is InChI=1S/C10H17N2/c1-2-3-4-5-6-8-12-9-7-11-10-12/h7,9-10H,1-6,8H2. The van der Waals surface area contributed by atoms with Crippen molar-refractivity contribution in [3.05, 3.63) is 25.6 Å². The molecule has 67 valence electrons. The van der Waals surface area contributed by atoms with Gasteiger partial charge >= 0.3 is 0 Å². The molecule has 2 heteroatoms. The third kappa shape index (κ3) is 3.56. The second kappa shape index (κ2) is 5.81. The molecular weight excluding hydrogens is 148 g/mol. The molecule has 0 spiro atoms. The van der Waals surface area contributed by atoms with Crippen molar-refractivity contribution in [1.82, 2.24) is 9.55 Å². The third-order valence-electron chi connectivity index (χ3n) is 1.98. The number of aromatic nitrogens is 2. The fourth-order valence-corrected chi connectivity index (χ4v) is 1.24. The van der Waals surface area contributed by atoms with Gasteiger partial charge in [0.1, 0.15) is 0 Å². The van der Waals surface area contributed by atoms with E-state index < -0.39 is 0 Å². The van der Waals surface area contributed by atoms with Crippen LogP contribution in [0.4, 0.5) is 0 Å². The van der Waals surface area contributed by atoms with E-state index >= 15 is 0 Å². The summed E-state index contributed by atoms with van der Waals surface area (Å²) in [6, 6.07) is 0. The molecule has 0 unspecified atom stereocenters. The number of rotatable bonds is 6. The minimum Gasteiger partial charge on any atom is -0.337 e. The van der Waals surface area contributed by atoms with Crippen LogP contribution in [-0.2, 0) is 6.54 Å². The molecular formula is C10H17N2. The van der Waals surface area contributed by atoms with E-state index in [1.54, 1.807) is 0 Å². The van der Waals surface area contributed by atoms with Gasteiger partial charge in [0.15, 0.2) is 0 Å². The van der Waals surface area contributed by atoms with E-state index in [0.717, 1.165) is 13.0 Å². The first-order valence-electron chi connectivity index (χ1n) is 4.68.